The minimum Gasteiger partial charge on any atom is -0.330 e. The summed E-state index contributed by atoms with van der Waals surface area (Å²) in [6.07, 6.45) is 8.71. The van der Waals surface area contributed by atoms with Gasteiger partial charge in [0.1, 0.15) is 0 Å². The highest BCUT2D eigenvalue weighted by atomic mass is 32.1. The molecule has 0 spiro atoms. The molecule has 1 aliphatic rings. The van der Waals surface area contributed by atoms with E-state index in [-0.39, 0.29) is 11.9 Å². The Morgan fingerprint density at radius 3 is 3.09 bits per heavy atom. The van der Waals surface area contributed by atoms with Crippen molar-refractivity contribution in [3.63, 3.8) is 0 Å². The standard InChI is InChI=1S/C16H16N4OS/c21-15(12-5-10-22-11-12)20-7-2-1-3-14(20)13-4-8-19-9-6-17-16(19)18-13/h4-6,8-11,14H,1-3,7H2. The van der Waals surface area contributed by atoms with E-state index in [9.17, 15) is 4.79 Å². The van der Waals surface area contributed by atoms with Crippen molar-refractivity contribution < 1.29 is 4.79 Å². The maximum absolute atomic E-state index is 12.7. The summed E-state index contributed by atoms with van der Waals surface area (Å²) in [5.74, 6) is 0.793. The topological polar surface area (TPSA) is 50.5 Å². The summed E-state index contributed by atoms with van der Waals surface area (Å²) in [6.45, 7) is 0.792. The summed E-state index contributed by atoms with van der Waals surface area (Å²) in [6, 6.07) is 3.94. The highest BCUT2D eigenvalue weighted by molar-refractivity contribution is 7.08. The third-order valence-electron chi connectivity index (χ3n) is 4.16. The molecule has 1 aliphatic heterocycles. The molecule has 1 atom stereocenters. The molecule has 1 unspecified atom stereocenters. The molecule has 1 saturated heterocycles. The van der Waals surface area contributed by atoms with Gasteiger partial charge < -0.3 is 4.90 Å². The number of aromatic nitrogens is 3. The first kappa shape index (κ1) is 13.5. The molecule has 112 valence electrons. The quantitative estimate of drug-likeness (QED) is 0.730. The van der Waals surface area contributed by atoms with Gasteiger partial charge in [-0.1, -0.05) is 0 Å². The monoisotopic (exact) mass is 312 g/mol. The van der Waals surface area contributed by atoms with Crippen LogP contribution in [0, 0.1) is 0 Å². The van der Waals surface area contributed by atoms with Crippen LogP contribution in [0.5, 0.6) is 0 Å². The zero-order valence-electron chi connectivity index (χ0n) is 12.1. The lowest BCUT2D eigenvalue weighted by molar-refractivity contribution is 0.0606. The largest absolute Gasteiger partial charge is 0.330 e. The smallest absolute Gasteiger partial charge is 0.255 e. The van der Waals surface area contributed by atoms with E-state index in [2.05, 4.69) is 9.97 Å². The summed E-state index contributed by atoms with van der Waals surface area (Å²) >= 11 is 1.56. The Labute approximate surface area is 132 Å². The van der Waals surface area contributed by atoms with Crippen LogP contribution in [0.2, 0.25) is 0 Å². The van der Waals surface area contributed by atoms with Crippen LogP contribution in [0.4, 0.5) is 0 Å². The fourth-order valence-corrected chi connectivity index (χ4v) is 3.67. The van der Waals surface area contributed by atoms with Crippen LogP contribution in [0.25, 0.3) is 5.78 Å². The van der Waals surface area contributed by atoms with E-state index < -0.39 is 0 Å². The predicted octanol–water partition coefficient (Wildman–Crippen LogP) is 3.16. The maximum atomic E-state index is 12.7. The van der Waals surface area contributed by atoms with E-state index in [1.807, 2.05) is 44.6 Å². The van der Waals surface area contributed by atoms with Crippen LogP contribution in [0.15, 0.2) is 41.5 Å². The van der Waals surface area contributed by atoms with Gasteiger partial charge in [-0.05, 0) is 36.8 Å². The molecule has 1 amide bonds. The molecule has 0 aromatic carbocycles. The number of carbonyl (C=O) groups is 1. The number of amides is 1. The first-order chi connectivity index (χ1) is 10.8. The number of hydrogen-bond acceptors (Lipinski definition) is 4. The van der Waals surface area contributed by atoms with Gasteiger partial charge in [0.2, 0.25) is 5.78 Å². The van der Waals surface area contributed by atoms with E-state index in [1.54, 1.807) is 17.5 Å². The molecule has 0 radical (unpaired) electrons. The van der Waals surface area contributed by atoms with Gasteiger partial charge in [-0.25, -0.2) is 9.97 Å². The molecule has 1 fully saturated rings. The molecule has 6 heteroatoms. The Kier molecular flexibility index (Phi) is 3.38. The number of rotatable bonds is 2. The molecule has 0 aliphatic carbocycles. The van der Waals surface area contributed by atoms with E-state index in [4.69, 9.17) is 0 Å². The molecule has 22 heavy (non-hydrogen) atoms. The second-order valence-electron chi connectivity index (χ2n) is 5.51. The van der Waals surface area contributed by atoms with Crippen LogP contribution < -0.4 is 0 Å². The molecule has 0 saturated carbocycles. The average molecular weight is 312 g/mol. The van der Waals surface area contributed by atoms with Crippen molar-refractivity contribution in [2.24, 2.45) is 0 Å². The van der Waals surface area contributed by atoms with E-state index in [0.29, 0.717) is 5.78 Å². The van der Waals surface area contributed by atoms with E-state index >= 15 is 0 Å². The Hall–Kier alpha value is -2.21. The van der Waals surface area contributed by atoms with Crippen LogP contribution in [-0.2, 0) is 0 Å². The molecule has 3 aromatic rings. The zero-order valence-corrected chi connectivity index (χ0v) is 12.9. The highest BCUT2D eigenvalue weighted by Gasteiger charge is 2.30. The fourth-order valence-electron chi connectivity index (χ4n) is 3.04. The van der Waals surface area contributed by atoms with E-state index in [1.165, 1.54) is 0 Å². The van der Waals surface area contributed by atoms with Crippen molar-refractivity contribution in [2.45, 2.75) is 25.3 Å². The average Bonchev–Trinajstić information content (AvgIpc) is 3.24. The first-order valence-electron chi connectivity index (χ1n) is 7.46. The number of hydrogen-bond donors (Lipinski definition) is 0. The summed E-state index contributed by atoms with van der Waals surface area (Å²) < 4.78 is 1.89. The lowest BCUT2D eigenvalue weighted by Crippen LogP contribution is -2.38. The van der Waals surface area contributed by atoms with Crippen LogP contribution in [0.3, 0.4) is 0 Å². The Bertz CT molecular complexity index is 795. The van der Waals surface area contributed by atoms with Crippen molar-refractivity contribution in [3.8, 4) is 0 Å². The van der Waals surface area contributed by atoms with Gasteiger partial charge in [-0.15, -0.1) is 0 Å². The third-order valence-corrected chi connectivity index (χ3v) is 4.84. The van der Waals surface area contributed by atoms with Gasteiger partial charge >= 0.3 is 0 Å². The summed E-state index contributed by atoms with van der Waals surface area (Å²) in [7, 11) is 0. The van der Waals surface area contributed by atoms with Crippen LogP contribution >= 0.6 is 11.3 Å². The summed E-state index contributed by atoms with van der Waals surface area (Å²) in [5, 5.41) is 3.86. The number of fused-ring (bicyclic) bond motifs is 1. The maximum Gasteiger partial charge on any atom is 0.255 e. The number of nitrogens with zero attached hydrogens (tertiary/aromatic N) is 4. The third kappa shape index (κ3) is 2.29. The predicted molar refractivity (Wildman–Crippen MR) is 84.9 cm³/mol. The Balaban J connectivity index is 1.69. The van der Waals surface area contributed by atoms with Crippen molar-refractivity contribution >= 4 is 23.0 Å². The van der Waals surface area contributed by atoms with Crippen LogP contribution in [-0.4, -0.2) is 31.7 Å². The van der Waals surface area contributed by atoms with Crippen molar-refractivity contribution in [2.75, 3.05) is 6.54 Å². The number of thiophene rings is 1. The number of imidazole rings is 1. The normalized spacial score (nSPS) is 18.7. The Morgan fingerprint density at radius 2 is 2.23 bits per heavy atom. The Morgan fingerprint density at radius 1 is 1.27 bits per heavy atom. The number of carbonyl (C=O) groups excluding carboxylic acids is 1. The second-order valence-corrected chi connectivity index (χ2v) is 6.29. The number of likely N-dealkylation sites (tertiary alicyclic amines) is 1. The molecule has 3 aromatic heterocycles. The minimum absolute atomic E-state index is 0.0443. The fraction of sp³-hybridized carbons (Fsp3) is 0.312. The molecule has 4 heterocycles. The van der Waals surface area contributed by atoms with Crippen molar-refractivity contribution in [1.29, 1.82) is 0 Å². The van der Waals surface area contributed by atoms with Gasteiger partial charge in [0.25, 0.3) is 5.91 Å². The SMILES string of the molecule is O=C(c1ccsc1)N1CCCCC1c1ccn2ccnc2n1. The summed E-state index contributed by atoms with van der Waals surface area (Å²) in [5.41, 5.74) is 1.71. The lowest BCUT2D eigenvalue weighted by atomic mass is 9.98. The molecule has 0 bridgehead atoms. The van der Waals surface area contributed by atoms with Crippen molar-refractivity contribution in [1.82, 2.24) is 19.3 Å². The molecule has 0 N–H and O–H groups in total. The second kappa shape index (κ2) is 5.53. The van der Waals surface area contributed by atoms with E-state index in [0.717, 1.165) is 37.1 Å². The molecule has 4 rings (SSSR count). The number of piperidine rings is 1. The first-order valence-corrected chi connectivity index (χ1v) is 8.40. The molecular formula is C16H16N4OS. The van der Waals surface area contributed by atoms with Gasteiger partial charge in [0, 0.05) is 30.5 Å². The van der Waals surface area contributed by atoms with Gasteiger partial charge in [-0.3, -0.25) is 9.20 Å². The lowest BCUT2D eigenvalue weighted by Gasteiger charge is -2.35. The van der Waals surface area contributed by atoms with Crippen molar-refractivity contribution in [3.05, 3.63) is 52.7 Å². The van der Waals surface area contributed by atoms with Gasteiger partial charge in [-0.2, -0.15) is 11.3 Å². The van der Waals surface area contributed by atoms with Gasteiger partial charge in [0.15, 0.2) is 0 Å². The zero-order chi connectivity index (χ0) is 14.9. The highest BCUT2D eigenvalue weighted by Crippen LogP contribution is 2.31. The van der Waals surface area contributed by atoms with Gasteiger partial charge in [0.05, 0.1) is 17.3 Å². The molecule has 5 nitrogen and oxygen atoms in total. The van der Waals surface area contributed by atoms with Crippen LogP contribution in [0.1, 0.15) is 41.4 Å². The summed E-state index contributed by atoms with van der Waals surface area (Å²) in [4.78, 5) is 23.6. The molecular weight excluding hydrogens is 296 g/mol. The minimum atomic E-state index is 0.0443.